The zero-order valence-electron chi connectivity index (χ0n) is 10.6. The van der Waals surface area contributed by atoms with Crippen molar-refractivity contribution in [1.29, 1.82) is 0 Å². The third-order valence-electron chi connectivity index (χ3n) is 2.90. The zero-order valence-corrected chi connectivity index (χ0v) is 11.3. The van der Waals surface area contributed by atoms with Crippen LogP contribution in [0.4, 0.5) is 11.4 Å². The van der Waals surface area contributed by atoms with Gasteiger partial charge in [-0.2, -0.15) is 0 Å². The summed E-state index contributed by atoms with van der Waals surface area (Å²) in [5, 5.41) is 14.4. The summed E-state index contributed by atoms with van der Waals surface area (Å²) in [6, 6.07) is 4.71. The highest BCUT2D eigenvalue weighted by Gasteiger charge is 2.09. The molecule has 0 atom stereocenters. The Morgan fingerprint density at radius 3 is 2.84 bits per heavy atom. The Labute approximate surface area is 115 Å². The molecule has 0 bridgehead atoms. The number of imidazole rings is 1. The van der Waals surface area contributed by atoms with Crippen LogP contribution in [-0.2, 0) is 13.6 Å². The quantitative estimate of drug-likeness (QED) is 0.690. The van der Waals surface area contributed by atoms with E-state index >= 15 is 0 Å². The van der Waals surface area contributed by atoms with Gasteiger partial charge in [-0.25, -0.2) is 4.98 Å². The summed E-state index contributed by atoms with van der Waals surface area (Å²) in [7, 11) is 1.81. The highest BCUT2D eigenvalue weighted by atomic mass is 35.5. The highest BCUT2D eigenvalue weighted by Crippen LogP contribution is 2.22. The normalized spacial score (nSPS) is 10.5. The minimum atomic E-state index is -0.414. The molecular weight excluding hydrogens is 268 g/mol. The number of hydrogen-bond acceptors (Lipinski definition) is 4. The maximum Gasteiger partial charge on any atom is 0.271 e. The monoisotopic (exact) mass is 280 g/mol. The van der Waals surface area contributed by atoms with Crippen molar-refractivity contribution in [3.63, 3.8) is 0 Å². The van der Waals surface area contributed by atoms with E-state index in [0.717, 1.165) is 11.4 Å². The van der Waals surface area contributed by atoms with E-state index in [-0.39, 0.29) is 5.69 Å². The van der Waals surface area contributed by atoms with Crippen LogP contribution in [0.25, 0.3) is 0 Å². The second-order valence-electron chi connectivity index (χ2n) is 4.17. The Morgan fingerprint density at radius 2 is 2.26 bits per heavy atom. The molecule has 1 aromatic heterocycles. The lowest BCUT2D eigenvalue weighted by atomic mass is 10.2. The Morgan fingerprint density at radius 1 is 1.53 bits per heavy atom. The first-order chi connectivity index (χ1) is 8.99. The van der Waals surface area contributed by atoms with Crippen LogP contribution in [0, 0.1) is 17.0 Å². The number of nitrogens with one attached hydrogen (secondary N) is 1. The van der Waals surface area contributed by atoms with Gasteiger partial charge in [-0.3, -0.25) is 10.1 Å². The van der Waals surface area contributed by atoms with Gasteiger partial charge in [0, 0.05) is 24.9 Å². The predicted molar refractivity (Wildman–Crippen MR) is 73.4 cm³/mol. The molecule has 6 nitrogen and oxygen atoms in total. The van der Waals surface area contributed by atoms with Gasteiger partial charge in [0.1, 0.15) is 11.0 Å². The number of aromatic nitrogens is 2. The molecule has 0 amide bonds. The third-order valence-corrected chi connectivity index (χ3v) is 3.25. The molecule has 0 fully saturated rings. The number of anilines is 1. The number of nitrogens with zero attached hydrogens (tertiary/aromatic N) is 3. The van der Waals surface area contributed by atoms with Gasteiger partial charge in [-0.05, 0) is 12.5 Å². The van der Waals surface area contributed by atoms with Crippen molar-refractivity contribution in [2.75, 3.05) is 5.32 Å². The van der Waals surface area contributed by atoms with Gasteiger partial charge >= 0.3 is 0 Å². The molecule has 1 aromatic carbocycles. The van der Waals surface area contributed by atoms with Crippen LogP contribution in [0.3, 0.4) is 0 Å². The smallest absolute Gasteiger partial charge is 0.271 e. The molecule has 19 heavy (non-hydrogen) atoms. The molecule has 0 radical (unpaired) electrons. The lowest BCUT2D eigenvalue weighted by molar-refractivity contribution is -0.384. The van der Waals surface area contributed by atoms with Crippen molar-refractivity contribution in [3.05, 3.63) is 51.1 Å². The molecule has 0 unspecified atom stereocenters. The number of nitro benzene ring substituents is 1. The molecular formula is C12H13ClN4O2. The molecule has 1 N–H and O–H groups in total. The molecule has 0 aliphatic carbocycles. The maximum absolute atomic E-state index is 10.7. The van der Waals surface area contributed by atoms with Crippen LogP contribution < -0.4 is 5.32 Å². The standard InChI is InChI=1S/C12H13ClN4O2/c1-8-3-4-9(17(18)19)5-10(8)14-7-12-15-6-11(13)16(12)2/h3-6,14H,7H2,1-2H3. The number of benzene rings is 1. The zero-order chi connectivity index (χ0) is 14.0. The molecule has 0 aliphatic rings. The molecule has 0 spiro atoms. The summed E-state index contributed by atoms with van der Waals surface area (Å²) in [4.78, 5) is 14.5. The average Bonchev–Trinajstić information content (AvgIpc) is 2.69. The van der Waals surface area contributed by atoms with Crippen LogP contribution in [0.1, 0.15) is 11.4 Å². The van der Waals surface area contributed by atoms with E-state index < -0.39 is 4.92 Å². The maximum atomic E-state index is 10.7. The van der Waals surface area contributed by atoms with Gasteiger partial charge in [-0.1, -0.05) is 17.7 Å². The van der Waals surface area contributed by atoms with E-state index in [1.165, 1.54) is 12.1 Å². The molecule has 0 aliphatic heterocycles. The van der Waals surface area contributed by atoms with E-state index in [4.69, 9.17) is 11.6 Å². The van der Waals surface area contributed by atoms with Crippen LogP contribution in [0.15, 0.2) is 24.4 Å². The van der Waals surface area contributed by atoms with Gasteiger partial charge < -0.3 is 9.88 Å². The molecule has 2 aromatic rings. The van der Waals surface area contributed by atoms with Crippen LogP contribution in [-0.4, -0.2) is 14.5 Å². The van der Waals surface area contributed by atoms with E-state index in [9.17, 15) is 10.1 Å². The van der Waals surface area contributed by atoms with Gasteiger partial charge in [0.05, 0.1) is 17.7 Å². The van der Waals surface area contributed by atoms with Gasteiger partial charge in [0.2, 0.25) is 0 Å². The third kappa shape index (κ3) is 2.85. The Kier molecular flexibility index (Phi) is 3.71. The van der Waals surface area contributed by atoms with Gasteiger partial charge in [-0.15, -0.1) is 0 Å². The van der Waals surface area contributed by atoms with E-state index in [0.29, 0.717) is 17.4 Å². The topological polar surface area (TPSA) is 73.0 Å². The Hall–Kier alpha value is -2.08. The second-order valence-corrected chi connectivity index (χ2v) is 4.55. The Bertz CT molecular complexity index is 624. The SMILES string of the molecule is Cc1ccc([N+](=O)[O-])cc1NCc1ncc(Cl)n1C. The van der Waals surface area contributed by atoms with Crippen LogP contribution >= 0.6 is 11.6 Å². The molecule has 2 rings (SSSR count). The number of halogens is 1. The molecule has 7 heteroatoms. The lowest BCUT2D eigenvalue weighted by Gasteiger charge is -2.09. The van der Waals surface area contributed by atoms with Crippen LogP contribution in [0.5, 0.6) is 0 Å². The summed E-state index contributed by atoms with van der Waals surface area (Å²) >= 11 is 5.89. The average molecular weight is 281 g/mol. The molecule has 100 valence electrons. The summed E-state index contributed by atoms with van der Waals surface area (Å²) in [5.41, 5.74) is 1.71. The van der Waals surface area contributed by atoms with E-state index in [2.05, 4.69) is 10.3 Å². The minimum absolute atomic E-state index is 0.0611. The number of aryl methyl sites for hydroxylation is 1. The summed E-state index contributed by atoms with van der Waals surface area (Å²) < 4.78 is 1.75. The minimum Gasteiger partial charge on any atom is -0.377 e. The number of rotatable bonds is 4. The number of non-ortho nitro benzene ring substituents is 1. The summed E-state index contributed by atoms with van der Waals surface area (Å²) in [5.74, 6) is 0.760. The van der Waals surface area contributed by atoms with Gasteiger partial charge in [0.25, 0.3) is 5.69 Å². The first-order valence-corrected chi connectivity index (χ1v) is 6.02. The summed E-state index contributed by atoms with van der Waals surface area (Å²) in [6.45, 7) is 2.34. The predicted octanol–water partition coefficient (Wildman–Crippen LogP) is 2.90. The van der Waals surface area contributed by atoms with Crippen LogP contribution in [0.2, 0.25) is 5.15 Å². The lowest BCUT2D eigenvalue weighted by Crippen LogP contribution is -2.07. The van der Waals surface area contributed by atoms with Crippen molar-refractivity contribution in [1.82, 2.24) is 9.55 Å². The molecule has 1 heterocycles. The van der Waals surface area contributed by atoms with Crippen molar-refractivity contribution < 1.29 is 4.92 Å². The fourth-order valence-corrected chi connectivity index (χ4v) is 1.82. The van der Waals surface area contributed by atoms with Crippen molar-refractivity contribution in [2.24, 2.45) is 7.05 Å². The highest BCUT2D eigenvalue weighted by molar-refractivity contribution is 6.29. The van der Waals surface area contributed by atoms with E-state index in [1.54, 1.807) is 16.8 Å². The fraction of sp³-hybridized carbons (Fsp3) is 0.250. The van der Waals surface area contributed by atoms with Gasteiger partial charge in [0.15, 0.2) is 0 Å². The molecule has 0 saturated heterocycles. The second kappa shape index (κ2) is 5.27. The van der Waals surface area contributed by atoms with Crippen molar-refractivity contribution in [3.8, 4) is 0 Å². The van der Waals surface area contributed by atoms with E-state index in [1.807, 2.05) is 14.0 Å². The largest absolute Gasteiger partial charge is 0.377 e. The van der Waals surface area contributed by atoms with Crippen molar-refractivity contribution >= 4 is 23.0 Å². The first kappa shape index (κ1) is 13.4. The first-order valence-electron chi connectivity index (χ1n) is 5.64. The number of hydrogen-bond donors (Lipinski definition) is 1. The summed E-state index contributed by atoms with van der Waals surface area (Å²) in [6.07, 6.45) is 1.57. The fourth-order valence-electron chi connectivity index (χ4n) is 1.68. The Balaban J connectivity index is 2.17. The molecule has 0 saturated carbocycles. The van der Waals surface area contributed by atoms with Crippen molar-refractivity contribution in [2.45, 2.75) is 13.5 Å². The number of nitro groups is 1.